The third-order valence-corrected chi connectivity index (χ3v) is 4.22. The van der Waals surface area contributed by atoms with Crippen molar-refractivity contribution in [2.45, 2.75) is 45.4 Å². The van der Waals surface area contributed by atoms with Crippen LogP contribution in [0.25, 0.3) is 6.08 Å². The van der Waals surface area contributed by atoms with Crippen LogP contribution in [0, 0.1) is 5.92 Å². The van der Waals surface area contributed by atoms with E-state index in [4.69, 9.17) is 4.74 Å². The van der Waals surface area contributed by atoms with Gasteiger partial charge in [-0.15, -0.1) is 0 Å². The topological polar surface area (TPSA) is 21.3 Å². The Morgan fingerprint density at radius 2 is 1.90 bits per heavy atom. The second-order valence-electron chi connectivity index (χ2n) is 6.00. The Bertz CT molecular complexity index is 429. The Labute approximate surface area is 129 Å². The van der Waals surface area contributed by atoms with Crippen molar-refractivity contribution in [1.82, 2.24) is 5.32 Å². The zero-order valence-corrected chi connectivity index (χ0v) is 13.5. The van der Waals surface area contributed by atoms with E-state index in [1.165, 1.54) is 37.7 Å². The highest BCUT2D eigenvalue weighted by Crippen LogP contribution is 2.30. The fraction of sp³-hybridized carbons (Fsp3) is 0.579. The van der Waals surface area contributed by atoms with Crippen LogP contribution in [0.1, 0.15) is 51.0 Å². The molecule has 0 aromatic heterocycles. The van der Waals surface area contributed by atoms with Crippen LogP contribution < -0.4 is 10.1 Å². The summed E-state index contributed by atoms with van der Waals surface area (Å²) in [5.41, 5.74) is 2.84. The van der Waals surface area contributed by atoms with Crippen LogP contribution >= 0.6 is 0 Å². The minimum absolute atomic E-state index is 0.766. The maximum atomic E-state index is 5.65. The predicted molar refractivity (Wildman–Crippen MR) is 90.7 cm³/mol. The molecule has 0 saturated heterocycles. The van der Waals surface area contributed by atoms with Crippen LogP contribution in [0.3, 0.4) is 0 Å². The molecular formula is C19H29NO. The van der Waals surface area contributed by atoms with Gasteiger partial charge in [0.2, 0.25) is 0 Å². The molecule has 0 bridgehead atoms. The van der Waals surface area contributed by atoms with Crippen molar-refractivity contribution >= 4 is 6.08 Å². The summed E-state index contributed by atoms with van der Waals surface area (Å²) >= 11 is 0. The van der Waals surface area contributed by atoms with Crippen molar-refractivity contribution in [1.29, 1.82) is 0 Å². The van der Waals surface area contributed by atoms with Crippen LogP contribution in [-0.4, -0.2) is 20.2 Å². The monoisotopic (exact) mass is 287 g/mol. The van der Waals surface area contributed by atoms with E-state index in [1.54, 1.807) is 5.57 Å². The van der Waals surface area contributed by atoms with Gasteiger partial charge in [-0.3, -0.25) is 0 Å². The Morgan fingerprint density at radius 1 is 1.19 bits per heavy atom. The number of rotatable bonds is 7. The highest BCUT2D eigenvalue weighted by molar-refractivity contribution is 5.55. The maximum absolute atomic E-state index is 5.65. The van der Waals surface area contributed by atoms with Gasteiger partial charge in [0.15, 0.2) is 0 Å². The molecule has 0 spiro atoms. The highest BCUT2D eigenvalue weighted by atomic mass is 16.5. The molecule has 1 N–H and O–H groups in total. The Balaban J connectivity index is 2.05. The van der Waals surface area contributed by atoms with E-state index in [1.807, 2.05) is 7.05 Å². The van der Waals surface area contributed by atoms with E-state index in [0.29, 0.717) is 0 Å². The minimum Gasteiger partial charge on any atom is -0.494 e. The molecule has 0 aliphatic heterocycles. The van der Waals surface area contributed by atoms with Crippen LogP contribution in [0.5, 0.6) is 5.75 Å². The summed E-state index contributed by atoms with van der Waals surface area (Å²) in [5.74, 6) is 1.74. The Morgan fingerprint density at radius 3 is 2.52 bits per heavy atom. The largest absolute Gasteiger partial charge is 0.494 e. The second-order valence-corrected chi connectivity index (χ2v) is 6.00. The molecule has 1 fully saturated rings. The van der Waals surface area contributed by atoms with Gasteiger partial charge in [-0.05, 0) is 49.9 Å². The lowest BCUT2D eigenvalue weighted by atomic mass is 9.83. The summed E-state index contributed by atoms with van der Waals surface area (Å²) in [6.45, 7) is 3.92. The number of benzene rings is 1. The van der Waals surface area contributed by atoms with Gasteiger partial charge in [0, 0.05) is 6.54 Å². The zero-order chi connectivity index (χ0) is 14.9. The molecule has 0 radical (unpaired) electrons. The van der Waals surface area contributed by atoms with Crippen molar-refractivity contribution in [2.24, 2.45) is 5.92 Å². The van der Waals surface area contributed by atoms with Crippen LogP contribution in [0.4, 0.5) is 0 Å². The SMILES string of the molecule is CCCOc1ccc(/C=C(/CNC)C2CCCCC2)cc1. The second kappa shape index (κ2) is 8.89. The molecule has 2 rings (SSSR count). The normalized spacial score (nSPS) is 17.0. The van der Waals surface area contributed by atoms with Crippen molar-refractivity contribution in [3.8, 4) is 5.75 Å². The van der Waals surface area contributed by atoms with Gasteiger partial charge in [0.05, 0.1) is 6.61 Å². The minimum atomic E-state index is 0.766. The summed E-state index contributed by atoms with van der Waals surface area (Å²) in [4.78, 5) is 0. The molecule has 0 heterocycles. The first-order valence-electron chi connectivity index (χ1n) is 8.41. The first kappa shape index (κ1) is 16.1. The van der Waals surface area contributed by atoms with Crippen LogP contribution in [0.15, 0.2) is 29.8 Å². The summed E-state index contributed by atoms with van der Waals surface area (Å²) in [6, 6.07) is 8.51. The van der Waals surface area contributed by atoms with E-state index < -0.39 is 0 Å². The molecule has 116 valence electrons. The Hall–Kier alpha value is -1.28. The third kappa shape index (κ3) is 5.20. The lowest BCUT2D eigenvalue weighted by Crippen LogP contribution is -2.19. The smallest absolute Gasteiger partial charge is 0.119 e. The molecule has 1 aromatic rings. The van der Waals surface area contributed by atoms with Gasteiger partial charge in [-0.25, -0.2) is 0 Å². The van der Waals surface area contributed by atoms with Gasteiger partial charge in [0.1, 0.15) is 5.75 Å². The molecule has 2 nitrogen and oxygen atoms in total. The fourth-order valence-corrected chi connectivity index (χ4v) is 3.08. The van der Waals surface area contributed by atoms with Gasteiger partial charge in [-0.1, -0.05) is 50.0 Å². The zero-order valence-electron chi connectivity index (χ0n) is 13.5. The molecule has 1 aliphatic rings. The average molecular weight is 287 g/mol. The Kier molecular flexibility index (Phi) is 6.81. The fourth-order valence-electron chi connectivity index (χ4n) is 3.08. The number of hydrogen-bond acceptors (Lipinski definition) is 2. The van der Waals surface area contributed by atoms with Gasteiger partial charge >= 0.3 is 0 Å². The quantitative estimate of drug-likeness (QED) is 0.787. The first-order chi connectivity index (χ1) is 10.3. The van der Waals surface area contributed by atoms with Crippen molar-refractivity contribution in [3.63, 3.8) is 0 Å². The lowest BCUT2D eigenvalue weighted by molar-refractivity contribution is 0.317. The molecular weight excluding hydrogens is 258 g/mol. The molecule has 1 saturated carbocycles. The maximum Gasteiger partial charge on any atom is 0.119 e. The number of nitrogens with one attached hydrogen (secondary N) is 1. The standard InChI is InChI=1S/C19H29NO/c1-3-13-21-19-11-9-16(10-12-19)14-18(15-20-2)17-7-5-4-6-8-17/h9-12,14,17,20H,3-8,13,15H2,1-2H3/b18-14-. The van der Waals surface area contributed by atoms with Crippen LogP contribution in [-0.2, 0) is 0 Å². The molecule has 21 heavy (non-hydrogen) atoms. The molecule has 1 aromatic carbocycles. The molecule has 0 unspecified atom stereocenters. The van der Waals surface area contributed by atoms with Gasteiger partial charge in [0.25, 0.3) is 0 Å². The lowest BCUT2D eigenvalue weighted by Gasteiger charge is -2.24. The van der Waals surface area contributed by atoms with Crippen molar-refractivity contribution in [2.75, 3.05) is 20.2 Å². The summed E-state index contributed by atoms with van der Waals surface area (Å²) in [5, 5.41) is 3.33. The van der Waals surface area contributed by atoms with E-state index in [9.17, 15) is 0 Å². The first-order valence-corrected chi connectivity index (χ1v) is 8.41. The van der Waals surface area contributed by atoms with Crippen LogP contribution in [0.2, 0.25) is 0 Å². The summed E-state index contributed by atoms with van der Waals surface area (Å²) in [6.07, 6.45) is 10.3. The van der Waals surface area contributed by atoms with Gasteiger partial charge < -0.3 is 10.1 Å². The highest BCUT2D eigenvalue weighted by Gasteiger charge is 2.17. The number of hydrogen-bond donors (Lipinski definition) is 1. The van der Waals surface area contributed by atoms with Crippen molar-refractivity contribution in [3.05, 3.63) is 35.4 Å². The molecule has 0 amide bonds. The van der Waals surface area contributed by atoms with Crippen molar-refractivity contribution < 1.29 is 4.74 Å². The molecule has 2 heteroatoms. The van der Waals surface area contributed by atoms with E-state index in [-0.39, 0.29) is 0 Å². The predicted octanol–water partition coefficient (Wildman–Crippen LogP) is 4.66. The van der Waals surface area contributed by atoms with E-state index in [0.717, 1.165) is 31.2 Å². The number of ether oxygens (including phenoxy) is 1. The third-order valence-electron chi connectivity index (χ3n) is 4.22. The molecule has 0 atom stereocenters. The number of likely N-dealkylation sites (N-methyl/N-ethyl adjacent to an activating group) is 1. The summed E-state index contributed by atoms with van der Waals surface area (Å²) in [7, 11) is 2.04. The molecule has 1 aliphatic carbocycles. The average Bonchev–Trinajstić information content (AvgIpc) is 2.54. The van der Waals surface area contributed by atoms with E-state index in [2.05, 4.69) is 42.6 Å². The summed E-state index contributed by atoms with van der Waals surface area (Å²) < 4.78 is 5.65. The van der Waals surface area contributed by atoms with Gasteiger partial charge in [-0.2, -0.15) is 0 Å². The van der Waals surface area contributed by atoms with E-state index >= 15 is 0 Å².